The summed E-state index contributed by atoms with van der Waals surface area (Å²) in [5.74, 6) is 0.289. The van der Waals surface area contributed by atoms with Crippen LogP contribution in [0.2, 0.25) is 0 Å². The Labute approximate surface area is 98.2 Å². The van der Waals surface area contributed by atoms with Crippen molar-refractivity contribution in [2.24, 2.45) is 0 Å². The number of rotatable bonds is 6. The topological polar surface area (TPSA) is 17.1 Å². The minimum Gasteiger partial charge on any atom is -0.300 e. The van der Waals surface area contributed by atoms with Crippen LogP contribution in [0.5, 0.6) is 0 Å². The molecule has 0 unspecified atom stereocenters. The van der Waals surface area contributed by atoms with E-state index in [0.29, 0.717) is 6.42 Å². The van der Waals surface area contributed by atoms with E-state index in [1.165, 1.54) is 11.1 Å². The third kappa shape index (κ3) is 4.43. The molecule has 0 N–H and O–H groups in total. The molecule has 0 amide bonds. The molecule has 0 spiro atoms. The number of carbonyl (C=O) groups is 1. The molecule has 0 fully saturated rings. The first-order valence-electron chi connectivity index (χ1n) is 5.84. The summed E-state index contributed by atoms with van der Waals surface area (Å²) in [6, 6.07) is 8.53. The van der Waals surface area contributed by atoms with Gasteiger partial charge in [-0.3, -0.25) is 0 Å². The van der Waals surface area contributed by atoms with Crippen molar-refractivity contribution in [2.75, 3.05) is 0 Å². The van der Waals surface area contributed by atoms with Crippen LogP contribution in [0.15, 0.2) is 30.8 Å². The maximum Gasteiger partial charge on any atom is 0.129 e. The molecular formula is C15H20O. The molecule has 0 aliphatic heterocycles. The zero-order valence-corrected chi connectivity index (χ0v) is 10.3. The fraction of sp³-hybridized carbons (Fsp3) is 0.400. The predicted molar refractivity (Wildman–Crippen MR) is 69.4 cm³/mol. The van der Waals surface area contributed by atoms with Gasteiger partial charge in [0.1, 0.15) is 5.78 Å². The molecule has 0 saturated carbocycles. The van der Waals surface area contributed by atoms with Crippen LogP contribution < -0.4 is 0 Å². The molecule has 1 rings (SSSR count). The molecular weight excluding hydrogens is 196 g/mol. The lowest BCUT2D eigenvalue weighted by Gasteiger charge is -2.03. The first-order chi connectivity index (χ1) is 7.59. The third-order valence-electron chi connectivity index (χ3n) is 2.69. The van der Waals surface area contributed by atoms with E-state index < -0.39 is 0 Å². The Hall–Kier alpha value is -1.37. The number of unbranched alkanes of at least 4 members (excludes halogenated alkanes) is 1. The van der Waals surface area contributed by atoms with Gasteiger partial charge in [0.25, 0.3) is 0 Å². The number of ketones is 1. The molecule has 0 atom stereocenters. The Balaban J connectivity index is 2.38. The third-order valence-corrected chi connectivity index (χ3v) is 2.69. The van der Waals surface area contributed by atoms with Crippen molar-refractivity contribution in [3.05, 3.63) is 42.0 Å². The van der Waals surface area contributed by atoms with Crippen molar-refractivity contribution in [1.82, 2.24) is 0 Å². The van der Waals surface area contributed by atoms with Crippen molar-refractivity contribution >= 4 is 11.4 Å². The number of hydrogen-bond donors (Lipinski definition) is 0. The smallest absolute Gasteiger partial charge is 0.129 e. The largest absolute Gasteiger partial charge is 0.300 e. The van der Waals surface area contributed by atoms with Gasteiger partial charge in [0.05, 0.1) is 0 Å². The summed E-state index contributed by atoms with van der Waals surface area (Å²) in [7, 11) is 0. The van der Waals surface area contributed by atoms with Gasteiger partial charge in [-0.05, 0) is 44.2 Å². The molecule has 0 heterocycles. The van der Waals surface area contributed by atoms with E-state index in [1.54, 1.807) is 6.92 Å². The zero-order valence-electron chi connectivity index (χ0n) is 10.3. The highest BCUT2D eigenvalue weighted by atomic mass is 16.1. The summed E-state index contributed by atoms with van der Waals surface area (Å²) in [5, 5.41) is 0. The number of allylic oxidation sites excluding steroid dienone is 1. The Morgan fingerprint density at radius 1 is 1.12 bits per heavy atom. The molecule has 16 heavy (non-hydrogen) atoms. The van der Waals surface area contributed by atoms with Crippen molar-refractivity contribution in [3.63, 3.8) is 0 Å². The second-order valence-electron chi connectivity index (χ2n) is 4.39. The predicted octanol–water partition coefficient (Wildman–Crippen LogP) is 4.02. The normalized spacial score (nSPS) is 10.1. The molecule has 0 aliphatic rings. The Morgan fingerprint density at radius 2 is 1.75 bits per heavy atom. The van der Waals surface area contributed by atoms with Crippen LogP contribution >= 0.6 is 0 Å². The lowest BCUT2D eigenvalue weighted by atomic mass is 10.0. The van der Waals surface area contributed by atoms with Crippen LogP contribution in [-0.2, 0) is 11.2 Å². The summed E-state index contributed by atoms with van der Waals surface area (Å²) in [6.45, 7) is 7.58. The van der Waals surface area contributed by atoms with Gasteiger partial charge in [0, 0.05) is 6.42 Å². The first-order valence-corrected chi connectivity index (χ1v) is 5.84. The van der Waals surface area contributed by atoms with Crippen LogP contribution in [0.4, 0.5) is 0 Å². The van der Waals surface area contributed by atoms with Gasteiger partial charge in [0.2, 0.25) is 0 Å². The molecule has 1 nitrogen and oxygen atoms in total. The van der Waals surface area contributed by atoms with Crippen LogP contribution in [0.3, 0.4) is 0 Å². The van der Waals surface area contributed by atoms with Crippen LogP contribution in [0.1, 0.15) is 44.2 Å². The number of benzene rings is 1. The maximum absolute atomic E-state index is 10.8. The average Bonchev–Trinajstić information content (AvgIpc) is 2.25. The Kier molecular flexibility index (Phi) is 4.97. The summed E-state index contributed by atoms with van der Waals surface area (Å²) >= 11 is 0. The minimum absolute atomic E-state index is 0.289. The van der Waals surface area contributed by atoms with Crippen molar-refractivity contribution in [3.8, 4) is 0 Å². The van der Waals surface area contributed by atoms with Crippen molar-refractivity contribution < 1.29 is 4.79 Å². The van der Waals surface area contributed by atoms with Crippen LogP contribution in [-0.4, -0.2) is 5.78 Å². The number of aryl methyl sites for hydroxylation is 1. The van der Waals surface area contributed by atoms with E-state index in [4.69, 9.17) is 0 Å². The van der Waals surface area contributed by atoms with E-state index in [2.05, 4.69) is 30.8 Å². The summed E-state index contributed by atoms with van der Waals surface area (Å²) in [6.07, 6.45) is 3.86. The lowest BCUT2D eigenvalue weighted by molar-refractivity contribution is -0.117. The first kappa shape index (κ1) is 12.7. The van der Waals surface area contributed by atoms with Gasteiger partial charge in [-0.15, -0.1) is 0 Å². The van der Waals surface area contributed by atoms with Crippen molar-refractivity contribution in [2.45, 2.75) is 39.5 Å². The summed E-state index contributed by atoms with van der Waals surface area (Å²) in [5.41, 5.74) is 3.64. The van der Waals surface area contributed by atoms with E-state index >= 15 is 0 Å². The van der Waals surface area contributed by atoms with Crippen LogP contribution in [0, 0.1) is 0 Å². The Bertz CT molecular complexity index is 360. The van der Waals surface area contributed by atoms with E-state index in [1.807, 2.05) is 6.92 Å². The van der Waals surface area contributed by atoms with Gasteiger partial charge in [-0.2, -0.15) is 0 Å². The quantitative estimate of drug-likeness (QED) is 0.656. The van der Waals surface area contributed by atoms with Gasteiger partial charge in [-0.25, -0.2) is 0 Å². The molecule has 0 saturated heterocycles. The second kappa shape index (κ2) is 6.26. The van der Waals surface area contributed by atoms with E-state index in [-0.39, 0.29) is 5.78 Å². The molecule has 86 valence electrons. The van der Waals surface area contributed by atoms with Gasteiger partial charge in [0.15, 0.2) is 0 Å². The summed E-state index contributed by atoms with van der Waals surface area (Å²) < 4.78 is 0. The van der Waals surface area contributed by atoms with Crippen molar-refractivity contribution in [1.29, 1.82) is 0 Å². The van der Waals surface area contributed by atoms with Gasteiger partial charge in [-0.1, -0.05) is 36.4 Å². The van der Waals surface area contributed by atoms with Gasteiger partial charge >= 0.3 is 0 Å². The molecule has 1 heteroatoms. The molecule has 1 aromatic rings. The Morgan fingerprint density at radius 3 is 2.25 bits per heavy atom. The average molecular weight is 216 g/mol. The molecule has 0 aliphatic carbocycles. The van der Waals surface area contributed by atoms with E-state index in [0.717, 1.165) is 24.8 Å². The lowest BCUT2D eigenvalue weighted by Crippen LogP contribution is -1.91. The number of Topliss-reactive ketones (excluding diaryl/α,β-unsaturated/α-hetero) is 1. The standard InChI is InChI=1S/C15H20O/c1-12(2)15-10-8-14(9-11-15)7-5-4-6-13(3)16/h8-11H,1,4-7H2,2-3H3. The van der Waals surface area contributed by atoms with Crippen LogP contribution in [0.25, 0.3) is 5.57 Å². The highest BCUT2D eigenvalue weighted by Gasteiger charge is 1.97. The summed E-state index contributed by atoms with van der Waals surface area (Å²) in [4.78, 5) is 10.8. The highest BCUT2D eigenvalue weighted by molar-refractivity contribution is 5.75. The molecule has 0 radical (unpaired) electrons. The molecule has 1 aromatic carbocycles. The fourth-order valence-electron chi connectivity index (χ4n) is 1.66. The zero-order chi connectivity index (χ0) is 12.0. The molecule has 0 bridgehead atoms. The second-order valence-corrected chi connectivity index (χ2v) is 4.39. The highest BCUT2D eigenvalue weighted by Crippen LogP contribution is 2.14. The van der Waals surface area contributed by atoms with Gasteiger partial charge < -0.3 is 4.79 Å². The monoisotopic (exact) mass is 216 g/mol. The minimum atomic E-state index is 0.289. The number of hydrogen-bond acceptors (Lipinski definition) is 1. The number of carbonyl (C=O) groups excluding carboxylic acids is 1. The fourth-order valence-corrected chi connectivity index (χ4v) is 1.66. The SMILES string of the molecule is C=C(C)c1ccc(CCCCC(C)=O)cc1. The van der Waals surface area contributed by atoms with E-state index in [9.17, 15) is 4.79 Å². The molecule has 0 aromatic heterocycles. The maximum atomic E-state index is 10.8.